The van der Waals surface area contributed by atoms with Crippen LogP contribution in [-0.2, 0) is 134 Å². The molecule has 0 aromatic carbocycles. The van der Waals surface area contributed by atoms with Crippen molar-refractivity contribution in [3.05, 3.63) is 12.2 Å². The molecule has 0 saturated carbocycles. The van der Waals surface area contributed by atoms with Crippen molar-refractivity contribution in [3.8, 4) is 0 Å². The Hall–Kier alpha value is -10.3. The SMILES string of the molecule is CC(C)[C@@H](C)NC(=O)[C@H](CC(=O)N[C@H]1CCOC1=O)NC(=O)[C@H](CC(=O)N[C@H]1CCOC1=O)NC(=O)[C@H](CC(=O)N[C@H]1CCOC1=O)NC(=O)[C@H](CC(=O)N[C@H]1CCOC1=O)NC(=O)[C@H](CC(=O)N[C@H]1CCOC1=O)NC(=O)CCOCCOCCOCCOCCNC(=O)CCN1C(=O)C=CC1=O. The summed E-state index contributed by atoms with van der Waals surface area (Å²) in [5.41, 5.74) is 0. The Morgan fingerprint density at radius 3 is 0.933 bits per heavy atom. The molecule has 14 amide bonds. The maximum atomic E-state index is 14.8. The first-order valence-electron chi connectivity index (χ1n) is 33.9. The number of cyclic esters (lactones) is 5. The molecule has 41 heteroatoms. The van der Waals surface area contributed by atoms with Crippen molar-refractivity contribution >= 4 is 113 Å². The van der Waals surface area contributed by atoms with Gasteiger partial charge in [0.1, 0.15) is 60.4 Å². The van der Waals surface area contributed by atoms with Crippen LogP contribution in [0.4, 0.5) is 0 Å². The number of nitrogens with one attached hydrogen (secondary N) is 12. The van der Waals surface area contributed by atoms with Crippen LogP contribution in [0.2, 0.25) is 0 Å². The summed E-state index contributed by atoms with van der Waals surface area (Å²) in [6.07, 6.45) is -3.31. The van der Waals surface area contributed by atoms with E-state index >= 15 is 0 Å². The van der Waals surface area contributed by atoms with E-state index in [2.05, 4.69) is 63.8 Å². The van der Waals surface area contributed by atoms with Crippen molar-refractivity contribution < 1.29 is 134 Å². The van der Waals surface area contributed by atoms with Crippen molar-refractivity contribution in [2.45, 2.75) is 164 Å². The number of hydrogen-bond donors (Lipinski definition) is 12. The van der Waals surface area contributed by atoms with Gasteiger partial charge in [-0.05, 0) is 12.8 Å². The molecule has 0 bridgehead atoms. The summed E-state index contributed by atoms with van der Waals surface area (Å²) in [7, 11) is 0. The monoisotopic (exact) mass is 1480 g/mol. The van der Waals surface area contributed by atoms with Gasteiger partial charge in [0.15, 0.2) is 0 Å². The van der Waals surface area contributed by atoms with E-state index in [4.69, 9.17) is 42.6 Å². The Kier molecular flexibility index (Phi) is 33.7. The van der Waals surface area contributed by atoms with Gasteiger partial charge >= 0.3 is 29.8 Å². The van der Waals surface area contributed by atoms with Crippen LogP contribution in [0.25, 0.3) is 0 Å². The molecule has 6 rings (SSSR count). The second kappa shape index (κ2) is 42.3. The zero-order chi connectivity index (χ0) is 75.8. The number of rotatable bonds is 45. The molecule has 5 fully saturated rings. The minimum absolute atomic E-state index is 0.0119. The molecule has 0 aromatic heterocycles. The molecule has 0 aromatic rings. The highest BCUT2D eigenvalue weighted by Crippen LogP contribution is 2.15. The standard InChI is InChI=1S/C63H89N13O28/c1-33(2)34(3)65-54(86)41(29-48(80)67-36-8-17-101-60(36)92)72-56(88)43(31-50(82)69-38-10-19-103-62(38)94)74-58(90)44(32-51(83)70-39-11-20-104-63(39)95)75-57(89)42(30-49(81)68-37-9-18-102-61(37)93)73-55(87)40(28-47(79)66-35-7-16-100-59(35)91)71-46(78)12-15-96-22-24-98-26-27-99-25-23-97-21-13-64-45(77)6-14-76-52(84)4-5-53(76)85/h4-5,33-44H,6-32H2,1-3H3,(H,64,77)(H,65,86)(H,66,79)(H,67,80)(H,68,81)(H,69,82)(H,70,83)(H,71,78)(H,72,88)(H,73,87)(H,74,90)(H,75,89)/t34-,35+,36+,37+,38+,39+,40+,41+,42+,43+,44+/m1/s1. The van der Waals surface area contributed by atoms with Gasteiger partial charge < -0.3 is 106 Å². The third-order valence-corrected chi connectivity index (χ3v) is 16.5. The first-order chi connectivity index (χ1) is 49.6. The first kappa shape index (κ1) is 82.7. The molecule has 6 heterocycles. The average molecular weight is 1480 g/mol. The quantitative estimate of drug-likeness (QED) is 0.0117. The number of ether oxygens (including phenoxy) is 9. The minimum Gasteiger partial charge on any atom is -0.464 e. The van der Waals surface area contributed by atoms with Crippen LogP contribution in [0.5, 0.6) is 0 Å². The summed E-state index contributed by atoms with van der Waals surface area (Å²) in [6.45, 7) is 5.34. The molecule has 12 N–H and O–H groups in total. The smallest absolute Gasteiger partial charge is 0.328 e. The topological polar surface area (TPSA) is 555 Å². The van der Waals surface area contributed by atoms with E-state index in [-0.39, 0.29) is 149 Å². The van der Waals surface area contributed by atoms with Crippen LogP contribution in [0, 0.1) is 5.92 Å². The van der Waals surface area contributed by atoms with Gasteiger partial charge in [0, 0.05) is 76.2 Å². The lowest BCUT2D eigenvalue weighted by Crippen LogP contribution is -2.61. The van der Waals surface area contributed by atoms with Crippen LogP contribution < -0.4 is 63.8 Å². The zero-order valence-corrected chi connectivity index (χ0v) is 57.6. The van der Waals surface area contributed by atoms with Crippen LogP contribution in [0.1, 0.15) is 97.8 Å². The Morgan fingerprint density at radius 2 is 0.644 bits per heavy atom. The number of nitrogens with zero attached hydrogens (tertiary/aromatic N) is 1. The highest BCUT2D eigenvalue weighted by molar-refractivity contribution is 6.13. The predicted molar refractivity (Wildman–Crippen MR) is 344 cm³/mol. The van der Waals surface area contributed by atoms with Crippen molar-refractivity contribution in [1.82, 2.24) is 68.7 Å². The van der Waals surface area contributed by atoms with E-state index in [1.54, 1.807) is 20.8 Å². The van der Waals surface area contributed by atoms with Gasteiger partial charge in [0.25, 0.3) is 11.8 Å². The van der Waals surface area contributed by atoms with E-state index in [0.717, 1.165) is 17.1 Å². The number of hydrogen-bond acceptors (Lipinski definition) is 28. The number of carbonyl (C=O) groups is 19. The van der Waals surface area contributed by atoms with Gasteiger partial charge in [0.05, 0.1) is 118 Å². The second-order valence-corrected chi connectivity index (χ2v) is 24.8. The van der Waals surface area contributed by atoms with Gasteiger partial charge in [0.2, 0.25) is 70.9 Å². The largest absolute Gasteiger partial charge is 0.464 e. The molecule has 574 valence electrons. The summed E-state index contributed by atoms with van der Waals surface area (Å²) >= 11 is 0. The second-order valence-electron chi connectivity index (χ2n) is 24.8. The predicted octanol–water partition coefficient (Wildman–Crippen LogP) is -8.43. The molecular weight excluding hydrogens is 1390 g/mol. The lowest BCUT2D eigenvalue weighted by atomic mass is 10.0. The number of carbonyl (C=O) groups excluding carboxylic acids is 19. The maximum absolute atomic E-state index is 14.8. The van der Waals surface area contributed by atoms with Gasteiger partial charge in [-0.25, -0.2) is 24.0 Å². The Bertz CT molecular complexity index is 3200. The minimum atomic E-state index is -2.24. The lowest BCUT2D eigenvalue weighted by molar-refractivity contribution is -0.142. The highest BCUT2D eigenvalue weighted by Gasteiger charge is 2.41. The van der Waals surface area contributed by atoms with Gasteiger partial charge in [-0.2, -0.15) is 0 Å². The van der Waals surface area contributed by atoms with E-state index in [0.29, 0.717) is 0 Å². The fraction of sp³-hybridized carbons (Fsp3) is 0.667. The maximum Gasteiger partial charge on any atom is 0.328 e. The van der Waals surface area contributed by atoms with Crippen LogP contribution >= 0.6 is 0 Å². The molecule has 6 aliphatic heterocycles. The molecule has 5 saturated heterocycles. The average Bonchev–Trinajstić information content (AvgIpc) is 0.976. The third-order valence-electron chi connectivity index (χ3n) is 16.5. The van der Waals surface area contributed by atoms with E-state index in [1.807, 2.05) is 0 Å². The molecule has 0 aliphatic carbocycles. The normalized spacial score (nSPS) is 20.6. The molecule has 0 radical (unpaired) electrons. The summed E-state index contributed by atoms with van der Waals surface area (Å²) in [6, 6.07) is -16.9. The third kappa shape index (κ3) is 28.2. The van der Waals surface area contributed by atoms with E-state index in [9.17, 15) is 91.1 Å². The Labute approximate surface area is 594 Å². The van der Waals surface area contributed by atoms with E-state index < -0.39 is 212 Å². The summed E-state index contributed by atoms with van der Waals surface area (Å²) in [5.74, 6) is -18.5. The highest BCUT2D eigenvalue weighted by atomic mass is 16.6. The van der Waals surface area contributed by atoms with Crippen molar-refractivity contribution in [2.24, 2.45) is 5.92 Å². The van der Waals surface area contributed by atoms with E-state index in [1.165, 1.54) is 0 Å². The molecule has 0 unspecified atom stereocenters. The molecular formula is C63H89N13O28. The fourth-order valence-corrected chi connectivity index (χ4v) is 10.4. The molecule has 104 heavy (non-hydrogen) atoms. The van der Waals surface area contributed by atoms with Crippen molar-refractivity contribution in [2.75, 3.05) is 99.0 Å². The Balaban J connectivity index is 1.14. The number of imide groups is 1. The zero-order valence-electron chi connectivity index (χ0n) is 57.6. The molecule has 6 aliphatic rings. The fourth-order valence-electron chi connectivity index (χ4n) is 10.4. The Morgan fingerprint density at radius 1 is 0.365 bits per heavy atom. The van der Waals surface area contributed by atoms with Crippen molar-refractivity contribution in [3.63, 3.8) is 0 Å². The number of esters is 5. The van der Waals surface area contributed by atoms with Gasteiger partial charge in [-0.15, -0.1) is 0 Å². The summed E-state index contributed by atoms with van der Waals surface area (Å²) in [4.78, 5) is 253. The van der Waals surface area contributed by atoms with Crippen LogP contribution in [0.3, 0.4) is 0 Å². The number of amides is 14. The van der Waals surface area contributed by atoms with Crippen LogP contribution in [0.15, 0.2) is 12.2 Å². The molecule has 11 atom stereocenters. The molecule has 0 spiro atoms. The van der Waals surface area contributed by atoms with Crippen LogP contribution in [-0.4, -0.2) is 283 Å². The summed E-state index contributed by atoms with van der Waals surface area (Å²) in [5, 5.41) is 28.6. The lowest BCUT2D eigenvalue weighted by Gasteiger charge is -2.28. The van der Waals surface area contributed by atoms with Gasteiger partial charge in [-0.1, -0.05) is 13.8 Å². The summed E-state index contributed by atoms with van der Waals surface area (Å²) < 4.78 is 46.5. The van der Waals surface area contributed by atoms with Gasteiger partial charge in [-0.3, -0.25) is 72.0 Å². The molecule has 41 nitrogen and oxygen atoms in total. The first-order valence-corrected chi connectivity index (χ1v) is 33.9. The van der Waals surface area contributed by atoms with Crippen molar-refractivity contribution in [1.29, 1.82) is 0 Å².